The van der Waals surface area contributed by atoms with Gasteiger partial charge < -0.3 is 19.9 Å². The van der Waals surface area contributed by atoms with Gasteiger partial charge in [0.05, 0.1) is 0 Å². The molecule has 0 amide bonds. The summed E-state index contributed by atoms with van der Waals surface area (Å²) >= 11 is 0. The van der Waals surface area contributed by atoms with Crippen molar-refractivity contribution in [3.63, 3.8) is 0 Å². The Morgan fingerprint density at radius 2 is 2.00 bits per heavy atom. The molecule has 4 nitrogen and oxygen atoms in total. The minimum atomic E-state index is -0.237. The van der Waals surface area contributed by atoms with Crippen molar-refractivity contribution in [1.29, 1.82) is 0 Å². The lowest BCUT2D eigenvalue weighted by Gasteiger charge is -2.32. The van der Waals surface area contributed by atoms with Crippen LogP contribution < -0.4 is 14.8 Å². The molecule has 0 radical (unpaired) electrons. The molecule has 18 heavy (non-hydrogen) atoms. The molecule has 1 aliphatic rings. The Kier molecular flexibility index (Phi) is 4.09. The monoisotopic (exact) mass is 251 g/mol. The van der Waals surface area contributed by atoms with Gasteiger partial charge in [0.25, 0.3) is 0 Å². The quantitative estimate of drug-likeness (QED) is 0.835. The molecule has 0 saturated carbocycles. The highest BCUT2D eigenvalue weighted by Crippen LogP contribution is 2.35. The van der Waals surface area contributed by atoms with E-state index in [1.165, 1.54) is 0 Å². The molecule has 1 aromatic rings. The van der Waals surface area contributed by atoms with Crippen LogP contribution in [0.5, 0.6) is 11.5 Å². The van der Waals surface area contributed by atoms with E-state index in [-0.39, 0.29) is 12.1 Å². The molecular weight excluding hydrogens is 230 g/mol. The zero-order chi connectivity index (χ0) is 13.0. The minimum absolute atomic E-state index is 0.151. The number of hydrogen-bond acceptors (Lipinski definition) is 4. The summed E-state index contributed by atoms with van der Waals surface area (Å²) in [6.07, 6.45) is 0.667. The van der Waals surface area contributed by atoms with Gasteiger partial charge in [0, 0.05) is 12.1 Å². The van der Waals surface area contributed by atoms with Crippen molar-refractivity contribution in [3.8, 4) is 11.5 Å². The summed E-state index contributed by atoms with van der Waals surface area (Å²) in [5.74, 6) is 1.59. The van der Waals surface area contributed by atoms with Crippen LogP contribution in [0.15, 0.2) is 18.2 Å². The summed E-state index contributed by atoms with van der Waals surface area (Å²) in [6, 6.07) is 5.98. The standard InChI is InChI=1S/C14H21NO3/c1-3-15-14(2,6-7-16)11-4-5-12-13(10-11)18-9-8-17-12/h4-5,10,15-16H,3,6-9H2,1-2H3. The maximum atomic E-state index is 9.23. The lowest BCUT2D eigenvalue weighted by Crippen LogP contribution is -2.40. The first-order chi connectivity index (χ1) is 8.69. The third kappa shape index (κ3) is 2.60. The van der Waals surface area contributed by atoms with Crippen LogP contribution in [-0.4, -0.2) is 31.5 Å². The molecule has 1 aromatic carbocycles. The molecular formula is C14H21NO3. The molecule has 0 spiro atoms. The van der Waals surface area contributed by atoms with E-state index in [2.05, 4.69) is 19.2 Å². The summed E-state index contributed by atoms with van der Waals surface area (Å²) in [5, 5.41) is 12.7. The number of rotatable bonds is 5. The first-order valence-corrected chi connectivity index (χ1v) is 6.45. The summed E-state index contributed by atoms with van der Waals surface area (Å²) in [7, 11) is 0. The van der Waals surface area contributed by atoms with Gasteiger partial charge in [-0.1, -0.05) is 13.0 Å². The maximum Gasteiger partial charge on any atom is 0.161 e. The van der Waals surface area contributed by atoms with Crippen molar-refractivity contribution in [2.24, 2.45) is 0 Å². The van der Waals surface area contributed by atoms with Crippen LogP contribution in [0, 0.1) is 0 Å². The minimum Gasteiger partial charge on any atom is -0.486 e. The number of ether oxygens (including phenoxy) is 2. The highest BCUT2D eigenvalue weighted by molar-refractivity contribution is 5.45. The number of fused-ring (bicyclic) bond motifs is 1. The van der Waals surface area contributed by atoms with Crippen molar-refractivity contribution in [2.75, 3.05) is 26.4 Å². The van der Waals surface area contributed by atoms with Gasteiger partial charge in [-0.3, -0.25) is 0 Å². The lowest BCUT2D eigenvalue weighted by molar-refractivity contribution is 0.170. The maximum absolute atomic E-state index is 9.23. The second-order valence-corrected chi connectivity index (χ2v) is 4.69. The predicted octanol–water partition coefficient (Wildman–Crippen LogP) is 1.66. The average molecular weight is 251 g/mol. The zero-order valence-corrected chi connectivity index (χ0v) is 11.0. The smallest absolute Gasteiger partial charge is 0.161 e. The molecule has 1 unspecified atom stereocenters. The SMILES string of the molecule is CCNC(C)(CCO)c1ccc2c(c1)OCCO2. The van der Waals surface area contributed by atoms with E-state index in [9.17, 15) is 5.11 Å². The van der Waals surface area contributed by atoms with Crippen LogP contribution in [0.25, 0.3) is 0 Å². The van der Waals surface area contributed by atoms with E-state index < -0.39 is 0 Å². The van der Waals surface area contributed by atoms with Crippen LogP contribution in [0.4, 0.5) is 0 Å². The highest BCUT2D eigenvalue weighted by Gasteiger charge is 2.26. The van der Waals surface area contributed by atoms with Gasteiger partial charge in [0.1, 0.15) is 13.2 Å². The Balaban J connectivity index is 2.30. The molecule has 2 N–H and O–H groups in total. The zero-order valence-electron chi connectivity index (χ0n) is 11.0. The molecule has 1 aliphatic heterocycles. The molecule has 100 valence electrons. The summed E-state index contributed by atoms with van der Waals surface area (Å²) in [5.41, 5.74) is 0.877. The highest BCUT2D eigenvalue weighted by atomic mass is 16.6. The van der Waals surface area contributed by atoms with Crippen molar-refractivity contribution < 1.29 is 14.6 Å². The second-order valence-electron chi connectivity index (χ2n) is 4.69. The Bertz CT molecular complexity index is 400. The Hall–Kier alpha value is -1.26. The van der Waals surface area contributed by atoms with Crippen molar-refractivity contribution in [3.05, 3.63) is 23.8 Å². The molecule has 0 fully saturated rings. The van der Waals surface area contributed by atoms with Crippen molar-refractivity contribution >= 4 is 0 Å². The van der Waals surface area contributed by atoms with Crippen LogP contribution >= 0.6 is 0 Å². The molecule has 0 aliphatic carbocycles. The number of aliphatic hydroxyl groups is 1. The van der Waals surface area contributed by atoms with E-state index >= 15 is 0 Å². The second kappa shape index (κ2) is 5.59. The van der Waals surface area contributed by atoms with Crippen LogP contribution in [0.2, 0.25) is 0 Å². The summed E-state index contributed by atoms with van der Waals surface area (Å²) in [4.78, 5) is 0. The van der Waals surface area contributed by atoms with Crippen LogP contribution in [0.3, 0.4) is 0 Å². The fraction of sp³-hybridized carbons (Fsp3) is 0.571. The summed E-state index contributed by atoms with van der Waals surface area (Å²) in [6.45, 7) is 6.36. The molecule has 0 aromatic heterocycles. The first kappa shape index (κ1) is 13.2. The topological polar surface area (TPSA) is 50.7 Å². The van der Waals surface area contributed by atoms with Gasteiger partial charge in [0.2, 0.25) is 0 Å². The van der Waals surface area contributed by atoms with E-state index in [0.29, 0.717) is 19.6 Å². The molecule has 4 heteroatoms. The number of hydrogen-bond donors (Lipinski definition) is 2. The molecule has 0 bridgehead atoms. The van der Waals surface area contributed by atoms with Crippen molar-refractivity contribution in [2.45, 2.75) is 25.8 Å². The number of nitrogens with one attached hydrogen (secondary N) is 1. The van der Waals surface area contributed by atoms with Gasteiger partial charge in [-0.05, 0) is 37.6 Å². The lowest BCUT2D eigenvalue weighted by atomic mass is 9.88. The fourth-order valence-electron chi connectivity index (χ4n) is 2.34. The van der Waals surface area contributed by atoms with Gasteiger partial charge in [-0.25, -0.2) is 0 Å². The van der Waals surface area contributed by atoms with Gasteiger partial charge in [-0.15, -0.1) is 0 Å². The normalized spacial score (nSPS) is 17.3. The number of benzene rings is 1. The van der Waals surface area contributed by atoms with Crippen LogP contribution in [-0.2, 0) is 5.54 Å². The average Bonchev–Trinajstić information content (AvgIpc) is 2.39. The fourth-order valence-corrected chi connectivity index (χ4v) is 2.34. The van der Waals surface area contributed by atoms with Gasteiger partial charge in [0.15, 0.2) is 11.5 Å². The molecule has 2 rings (SSSR count). The van der Waals surface area contributed by atoms with Crippen LogP contribution in [0.1, 0.15) is 25.8 Å². The first-order valence-electron chi connectivity index (χ1n) is 6.45. The molecule has 1 atom stereocenters. The van der Waals surface area contributed by atoms with Crippen molar-refractivity contribution in [1.82, 2.24) is 5.32 Å². The van der Waals surface area contributed by atoms with E-state index in [1.54, 1.807) is 0 Å². The Morgan fingerprint density at radius 1 is 1.28 bits per heavy atom. The third-order valence-electron chi connectivity index (χ3n) is 3.36. The van der Waals surface area contributed by atoms with Gasteiger partial charge in [-0.2, -0.15) is 0 Å². The Labute approximate surface area is 108 Å². The van der Waals surface area contributed by atoms with Gasteiger partial charge >= 0.3 is 0 Å². The third-order valence-corrected chi connectivity index (χ3v) is 3.36. The van der Waals surface area contributed by atoms with E-state index in [0.717, 1.165) is 23.6 Å². The number of aliphatic hydroxyl groups excluding tert-OH is 1. The molecule has 0 saturated heterocycles. The Morgan fingerprint density at radius 3 is 2.67 bits per heavy atom. The largest absolute Gasteiger partial charge is 0.486 e. The van der Waals surface area contributed by atoms with E-state index in [4.69, 9.17) is 9.47 Å². The molecule has 1 heterocycles. The van der Waals surface area contributed by atoms with E-state index in [1.807, 2.05) is 18.2 Å². The summed E-state index contributed by atoms with van der Waals surface area (Å²) < 4.78 is 11.1. The predicted molar refractivity (Wildman–Crippen MR) is 70.2 cm³/mol.